The van der Waals surface area contributed by atoms with Crippen LogP contribution in [-0.4, -0.2) is 55.5 Å². The first kappa shape index (κ1) is 34.4. The SMILES string of the molecule is CN1CCC(C(=O)N(C)CC(OCc2cc(C(F)(F)F)cc(C(F)(F)F)c2)C(c2ccccc2)c2ccccc2)CC1.Cl. The molecule has 0 spiro atoms. The number of amides is 1. The van der Waals surface area contributed by atoms with E-state index in [4.69, 9.17) is 4.74 Å². The van der Waals surface area contributed by atoms with Crippen molar-refractivity contribution in [1.29, 1.82) is 0 Å². The van der Waals surface area contributed by atoms with Gasteiger partial charge in [0.15, 0.2) is 0 Å². The Kier molecular flexibility index (Phi) is 11.7. The van der Waals surface area contributed by atoms with Crippen LogP contribution in [0, 0.1) is 5.92 Å². The predicted octanol–water partition coefficient (Wildman–Crippen LogP) is 7.66. The Hall–Kier alpha value is -3.08. The summed E-state index contributed by atoms with van der Waals surface area (Å²) in [5.41, 5.74) is -1.37. The number of likely N-dealkylation sites (tertiary alicyclic amines) is 1. The minimum atomic E-state index is -4.97. The Morgan fingerprint density at radius 3 is 1.77 bits per heavy atom. The molecule has 1 aliphatic rings. The molecule has 0 radical (unpaired) electrons. The van der Waals surface area contributed by atoms with Gasteiger partial charge in [-0.3, -0.25) is 4.79 Å². The second kappa shape index (κ2) is 14.6. The maximum Gasteiger partial charge on any atom is 0.416 e. The Morgan fingerprint density at radius 2 is 1.33 bits per heavy atom. The summed E-state index contributed by atoms with van der Waals surface area (Å²) >= 11 is 0. The molecule has 1 fully saturated rings. The number of carbonyl (C=O) groups excluding carboxylic acids is 1. The predicted molar refractivity (Wildman–Crippen MR) is 155 cm³/mol. The standard InChI is InChI=1S/C32H34F6N2O2.ClH/c1-39-15-13-25(14-16-39)30(41)40(2)20-28(29(23-9-5-3-6-10-23)24-11-7-4-8-12-24)42-21-22-17-26(31(33,34)35)19-27(18-22)32(36,37)38;/h3-12,17-19,25,28-29H,13-16,20-21H2,1-2H3;1H. The highest BCUT2D eigenvalue weighted by Gasteiger charge is 2.37. The van der Waals surface area contributed by atoms with Gasteiger partial charge >= 0.3 is 12.4 Å². The van der Waals surface area contributed by atoms with Crippen molar-refractivity contribution in [3.8, 4) is 0 Å². The molecule has 0 N–H and O–H groups in total. The second-order valence-electron chi connectivity index (χ2n) is 10.9. The summed E-state index contributed by atoms with van der Waals surface area (Å²) in [6.45, 7) is 1.16. The number of halogens is 7. The first-order valence-electron chi connectivity index (χ1n) is 13.8. The number of likely N-dealkylation sites (N-methyl/N-ethyl adjacent to an activating group) is 1. The van der Waals surface area contributed by atoms with Gasteiger partial charge in [-0.05, 0) is 67.9 Å². The Morgan fingerprint density at radius 1 is 0.860 bits per heavy atom. The zero-order chi connectivity index (χ0) is 30.5. The quantitative estimate of drug-likeness (QED) is 0.228. The molecule has 1 unspecified atom stereocenters. The van der Waals surface area contributed by atoms with Crippen molar-refractivity contribution in [2.24, 2.45) is 5.92 Å². The number of carbonyl (C=O) groups is 1. The molecule has 0 saturated carbocycles. The number of ether oxygens (including phenoxy) is 1. The summed E-state index contributed by atoms with van der Waals surface area (Å²) in [6.07, 6.45) is -9.30. The summed E-state index contributed by atoms with van der Waals surface area (Å²) in [5.74, 6) is -0.681. The number of hydrogen-bond donors (Lipinski definition) is 0. The van der Waals surface area contributed by atoms with E-state index in [-0.39, 0.29) is 42.4 Å². The summed E-state index contributed by atoms with van der Waals surface area (Å²) in [7, 11) is 3.66. The Bertz CT molecular complexity index is 1240. The van der Waals surface area contributed by atoms with Crippen molar-refractivity contribution < 1.29 is 35.9 Å². The van der Waals surface area contributed by atoms with E-state index in [0.29, 0.717) is 25.0 Å². The summed E-state index contributed by atoms with van der Waals surface area (Å²) in [5, 5.41) is 0. The lowest BCUT2D eigenvalue weighted by Gasteiger charge is -2.35. The maximum absolute atomic E-state index is 13.5. The summed E-state index contributed by atoms with van der Waals surface area (Å²) in [4.78, 5) is 17.2. The van der Waals surface area contributed by atoms with Gasteiger partial charge in [0.25, 0.3) is 0 Å². The smallest absolute Gasteiger partial charge is 0.371 e. The van der Waals surface area contributed by atoms with Crippen molar-refractivity contribution in [1.82, 2.24) is 9.80 Å². The van der Waals surface area contributed by atoms with Crippen molar-refractivity contribution in [3.63, 3.8) is 0 Å². The van der Waals surface area contributed by atoms with Gasteiger partial charge in [-0.15, -0.1) is 12.4 Å². The molecule has 0 bridgehead atoms. The van der Waals surface area contributed by atoms with Crippen molar-refractivity contribution >= 4 is 18.3 Å². The average molecular weight is 629 g/mol. The maximum atomic E-state index is 13.5. The zero-order valence-electron chi connectivity index (χ0n) is 23.9. The number of alkyl halides is 6. The molecule has 11 heteroatoms. The molecule has 43 heavy (non-hydrogen) atoms. The minimum absolute atomic E-state index is 0. The topological polar surface area (TPSA) is 32.8 Å². The zero-order valence-corrected chi connectivity index (χ0v) is 24.7. The fraction of sp³-hybridized carbons (Fsp3) is 0.406. The van der Waals surface area contributed by atoms with Crippen LogP contribution in [0.2, 0.25) is 0 Å². The van der Waals surface area contributed by atoms with Crippen LogP contribution in [0.25, 0.3) is 0 Å². The fourth-order valence-corrected chi connectivity index (χ4v) is 5.43. The highest BCUT2D eigenvalue weighted by molar-refractivity contribution is 5.85. The van der Waals surface area contributed by atoms with Crippen LogP contribution >= 0.6 is 12.4 Å². The highest BCUT2D eigenvalue weighted by atomic mass is 35.5. The largest absolute Gasteiger partial charge is 0.416 e. The molecule has 1 heterocycles. The monoisotopic (exact) mass is 628 g/mol. The lowest BCUT2D eigenvalue weighted by Crippen LogP contribution is -2.44. The van der Waals surface area contributed by atoms with Crippen LogP contribution in [-0.2, 0) is 28.5 Å². The van der Waals surface area contributed by atoms with Crippen LogP contribution in [0.15, 0.2) is 78.9 Å². The molecule has 234 valence electrons. The highest BCUT2D eigenvalue weighted by Crippen LogP contribution is 2.37. The number of piperidine rings is 1. The summed E-state index contributed by atoms with van der Waals surface area (Å²) in [6, 6.07) is 20.1. The molecular weight excluding hydrogens is 594 g/mol. The Labute approximate surface area is 254 Å². The minimum Gasteiger partial charge on any atom is -0.371 e. The van der Waals surface area contributed by atoms with Gasteiger partial charge in [0.05, 0.1) is 23.8 Å². The van der Waals surface area contributed by atoms with Gasteiger partial charge in [-0.25, -0.2) is 0 Å². The van der Waals surface area contributed by atoms with Crippen LogP contribution < -0.4 is 0 Å². The fourth-order valence-electron chi connectivity index (χ4n) is 5.43. The molecule has 1 aliphatic heterocycles. The third kappa shape index (κ3) is 9.20. The van der Waals surface area contributed by atoms with E-state index in [9.17, 15) is 31.1 Å². The average Bonchev–Trinajstić information content (AvgIpc) is 2.96. The molecule has 3 aromatic carbocycles. The molecule has 0 aliphatic carbocycles. The third-order valence-corrected chi connectivity index (χ3v) is 7.70. The van der Waals surface area contributed by atoms with E-state index < -0.39 is 42.1 Å². The second-order valence-corrected chi connectivity index (χ2v) is 10.9. The van der Waals surface area contributed by atoms with Gasteiger partial charge in [-0.2, -0.15) is 26.3 Å². The third-order valence-electron chi connectivity index (χ3n) is 7.70. The van der Waals surface area contributed by atoms with Gasteiger partial charge in [-0.1, -0.05) is 60.7 Å². The van der Waals surface area contributed by atoms with Gasteiger partial charge < -0.3 is 14.5 Å². The molecule has 1 atom stereocenters. The van der Waals surface area contributed by atoms with E-state index in [1.807, 2.05) is 67.7 Å². The van der Waals surface area contributed by atoms with E-state index in [2.05, 4.69) is 4.90 Å². The molecule has 3 aromatic rings. The van der Waals surface area contributed by atoms with Crippen LogP contribution in [0.3, 0.4) is 0 Å². The number of rotatable bonds is 9. The lowest BCUT2D eigenvalue weighted by molar-refractivity contribution is -0.143. The van der Waals surface area contributed by atoms with E-state index in [0.717, 1.165) is 24.2 Å². The summed E-state index contributed by atoms with van der Waals surface area (Å²) < 4.78 is 87.3. The first-order chi connectivity index (χ1) is 19.8. The number of benzene rings is 3. The van der Waals surface area contributed by atoms with Crippen LogP contribution in [0.5, 0.6) is 0 Å². The van der Waals surface area contributed by atoms with Crippen molar-refractivity contribution in [3.05, 3.63) is 107 Å². The molecular formula is C32H35ClF6N2O2. The van der Waals surface area contributed by atoms with Crippen molar-refractivity contribution in [2.75, 3.05) is 33.7 Å². The van der Waals surface area contributed by atoms with E-state index in [1.54, 1.807) is 11.9 Å². The van der Waals surface area contributed by atoms with Crippen molar-refractivity contribution in [2.45, 2.75) is 43.8 Å². The van der Waals surface area contributed by atoms with E-state index in [1.165, 1.54) is 0 Å². The van der Waals surface area contributed by atoms with Crippen LogP contribution in [0.4, 0.5) is 26.3 Å². The lowest BCUT2D eigenvalue weighted by atomic mass is 9.86. The van der Waals surface area contributed by atoms with E-state index >= 15 is 0 Å². The molecule has 1 saturated heterocycles. The Balaban J connectivity index is 0.00000506. The normalized spacial score (nSPS) is 15.7. The molecule has 1 amide bonds. The molecule has 4 nitrogen and oxygen atoms in total. The first-order valence-corrected chi connectivity index (χ1v) is 13.8. The van der Waals surface area contributed by atoms with Gasteiger partial charge in [0, 0.05) is 25.4 Å². The number of nitrogens with zero attached hydrogens (tertiary/aromatic N) is 2. The van der Waals surface area contributed by atoms with Gasteiger partial charge in [0.2, 0.25) is 5.91 Å². The number of hydrogen-bond acceptors (Lipinski definition) is 3. The molecule has 0 aromatic heterocycles. The van der Waals surface area contributed by atoms with Gasteiger partial charge in [0.1, 0.15) is 0 Å². The van der Waals surface area contributed by atoms with Crippen LogP contribution in [0.1, 0.15) is 46.6 Å². The molecule has 4 rings (SSSR count).